The van der Waals surface area contributed by atoms with Crippen LogP contribution in [0.4, 0.5) is 5.69 Å². The summed E-state index contributed by atoms with van der Waals surface area (Å²) in [5, 5.41) is 7.16. The standard InChI is InChI=1S/C27H24BrN3O3/c1-33-26-13-7-20(15-22(26)19-34-25-11-9-23(28)10-12-25)8-14-27(32)30-24-16-29-31(18-24)17-21-5-3-2-4-6-21/h2-16,18H,17,19H2,1H3,(H,30,32)/b14-8+. The predicted octanol–water partition coefficient (Wildman–Crippen LogP) is 5.93. The minimum absolute atomic E-state index is 0.234. The molecule has 0 spiro atoms. The van der Waals surface area contributed by atoms with E-state index in [0.29, 0.717) is 18.8 Å². The normalized spacial score (nSPS) is 10.9. The average Bonchev–Trinajstić information content (AvgIpc) is 3.29. The largest absolute Gasteiger partial charge is 0.496 e. The second-order valence-corrected chi connectivity index (χ2v) is 8.46. The summed E-state index contributed by atoms with van der Waals surface area (Å²) in [6.45, 7) is 0.989. The van der Waals surface area contributed by atoms with Gasteiger partial charge in [-0.1, -0.05) is 52.3 Å². The predicted molar refractivity (Wildman–Crippen MR) is 137 cm³/mol. The smallest absolute Gasteiger partial charge is 0.248 e. The number of carbonyl (C=O) groups excluding carboxylic acids is 1. The van der Waals surface area contributed by atoms with Crippen molar-refractivity contribution in [1.82, 2.24) is 9.78 Å². The second-order valence-electron chi connectivity index (χ2n) is 7.55. The van der Waals surface area contributed by atoms with Crippen molar-refractivity contribution in [1.29, 1.82) is 0 Å². The Kier molecular flexibility index (Phi) is 7.78. The number of halogens is 1. The first-order valence-corrected chi connectivity index (χ1v) is 11.5. The van der Waals surface area contributed by atoms with Crippen LogP contribution in [0.1, 0.15) is 16.7 Å². The van der Waals surface area contributed by atoms with E-state index >= 15 is 0 Å². The molecule has 0 unspecified atom stereocenters. The molecule has 1 heterocycles. The molecule has 0 bridgehead atoms. The fraction of sp³-hybridized carbons (Fsp3) is 0.111. The number of methoxy groups -OCH3 is 1. The van der Waals surface area contributed by atoms with E-state index in [1.807, 2.05) is 79.0 Å². The van der Waals surface area contributed by atoms with Gasteiger partial charge in [0.2, 0.25) is 5.91 Å². The Hall–Kier alpha value is -3.84. The van der Waals surface area contributed by atoms with Gasteiger partial charge in [0.25, 0.3) is 0 Å². The highest BCUT2D eigenvalue weighted by atomic mass is 79.9. The Bertz CT molecular complexity index is 1270. The molecule has 34 heavy (non-hydrogen) atoms. The number of benzene rings is 3. The van der Waals surface area contributed by atoms with Gasteiger partial charge in [0.15, 0.2) is 0 Å². The van der Waals surface area contributed by atoms with Crippen molar-refractivity contribution in [2.75, 3.05) is 12.4 Å². The second kappa shape index (κ2) is 11.3. The van der Waals surface area contributed by atoms with Gasteiger partial charge in [-0.05, 0) is 53.6 Å². The number of hydrogen-bond donors (Lipinski definition) is 1. The first kappa shape index (κ1) is 23.3. The van der Waals surface area contributed by atoms with Crippen molar-refractivity contribution in [3.05, 3.63) is 112 Å². The van der Waals surface area contributed by atoms with Gasteiger partial charge in [-0.15, -0.1) is 0 Å². The highest BCUT2D eigenvalue weighted by Gasteiger charge is 2.06. The third-order valence-electron chi connectivity index (χ3n) is 5.03. The summed E-state index contributed by atoms with van der Waals surface area (Å²) in [7, 11) is 1.62. The van der Waals surface area contributed by atoms with Crippen molar-refractivity contribution in [3.63, 3.8) is 0 Å². The molecular weight excluding hydrogens is 494 g/mol. The quantitative estimate of drug-likeness (QED) is 0.279. The lowest BCUT2D eigenvalue weighted by Gasteiger charge is -2.11. The monoisotopic (exact) mass is 517 g/mol. The number of hydrogen-bond acceptors (Lipinski definition) is 4. The van der Waals surface area contributed by atoms with Crippen LogP contribution in [-0.4, -0.2) is 22.8 Å². The molecule has 0 fully saturated rings. The van der Waals surface area contributed by atoms with E-state index in [4.69, 9.17) is 9.47 Å². The number of ether oxygens (including phenoxy) is 2. The van der Waals surface area contributed by atoms with Gasteiger partial charge in [-0.25, -0.2) is 0 Å². The van der Waals surface area contributed by atoms with Crippen LogP contribution in [0.3, 0.4) is 0 Å². The number of nitrogens with one attached hydrogen (secondary N) is 1. The van der Waals surface area contributed by atoms with Gasteiger partial charge in [0.05, 0.1) is 25.5 Å². The molecule has 4 rings (SSSR count). The van der Waals surface area contributed by atoms with E-state index in [1.165, 1.54) is 6.08 Å². The summed E-state index contributed by atoms with van der Waals surface area (Å²) in [5.41, 5.74) is 3.53. The summed E-state index contributed by atoms with van der Waals surface area (Å²) in [6.07, 6.45) is 6.70. The van der Waals surface area contributed by atoms with Crippen molar-refractivity contribution in [3.8, 4) is 11.5 Å². The van der Waals surface area contributed by atoms with Crippen LogP contribution in [0.2, 0.25) is 0 Å². The van der Waals surface area contributed by atoms with Gasteiger partial charge < -0.3 is 14.8 Å². The SMILES string of the molecule is COc1ccc(/C=C/C(=O)Nc2cnn(Cc3ccccc3)c2)cc1COc1ccc(Br)cc1. The van der Waals surface area contributed by atoms with Gasteiger partial charge in [-0.2, -0.15) is 5.10 Å². The molecule has 172 valence electrons. The molecule has 6 nitrogen and oxygen atoms in total. The highest BCUT2D eigenvalue weighted by molar-refractivity contribution is 9.10. The van der Waals surface area contributed by atoms with Crippen LogP contribution >= 0.6 is 15.9 Å². The summed E-state index contributed by atoms with van der Waals surface area (Å²) in [6, 6.07) is 23.4. The van der Waals surface area contributed by atoms with Crippen LogP contribution in [0.25, 0.3) is 6.08 Å². The van der Waals surface area contributed by atoms with Gasteiger partial charge >= 0.3 is 0 Å². The first-order chi connectivity index (χ1) is 16.6. The first-order valence-electron chi connectivity index (χ1n) is 10.7. The van der Waals surface area contributed by atoms with E-state index in [0.717, 1.165) is 32.7 Å². The lowest BCUT2D eigenvalue weighted by atomic mass is 10.1. The number of aromatic nitrogens is 2. The molecule has 1 N–H and O–H groups in total. The Morgan fingerprint density at radius 1 is 1.09 bits per heavy atom. The third kappa shape index (κ3) is 6.59. The van der Waals surface area contributed by atoms with Crippen molar-refractivity contribution in [2.24, 2.45) is 0 Å². The van der Waals surface area contributed by atoms with E-state index in [-0.39, 0.29) is 5.91 Å². The maximum absolute atomic E-state index is 12.4. The lowest BCUT2D eigenvalue weighted by Crippen LogP contribution is -2.07. The summed E-state index contributed by atoms with van der Waals surface area (Å²) in [4.78, 5) is 12.4. The zero-order chi connectivity index (χ0) is 23.8. The molecule has 0 radical (unpaired) electrons. The minimum Gasteiger partial charge on any atom is -0.496 e. The summed E-state index contributed by atoms with van der Waals surface area (Å²) < 4.78 is 14.1. The Balaban J connectivity index is 1.36. The molecule has 4 aromatic rings. The van der Waals surface area contributed by atoms with Crippen molar-refractivity contribution >= 4 is 33.6 Å². The van der Waals surface area contributed by atoms with Gasteiger partial charge in [-0.3, -0.25) is 9.48 Å². The number of rotatable bonds is 9. The van der Waals surface area contributed by atoms with Crippen LogP contribution in [0.5, 0.6) is 11.5 Å². The average molecular weight is 518 g/mol. The molecule has 0 atom stereocenters. The number of nitrogens with zero attached hydrogens (tertiary/aromatic N) is 2. The van der Waals surface area contributed by atoms with Crippen LogP contribution in [0.15, 0.2) is 95.7 Å². The molecule has 0 saturated carbocycles. The Morgan fingerprint density at radius 3 is 2.65 bits per heavy atom. The molecule has 1 amide bonds. The molecule has 7 heteroatoms. The maximum Gasteiger partial charge on any atom is 0.248 e. The molecule has 3 aromatic carbocycles. The number of carbonyl (C=O) groups is 1. The Labute approximate surface area is 207 Å². The van der Waals surface area contributed by atoms with E-state index in [2.05, 4.69) is 26.3 Å². The number of anilines is 1. The fourth-order valence-electron chi connectivity index (χ4n) is 3.35. The Morgan fingerprint density at radius 2 is 1.88 bits per heavy atom. The molecular formula is C27H24BrN3O3. The topological polar surface area (TPSA) is 65.4 Å². The lowest BCUT2D eigenvalue weighted by molar-refractivity contribution is -0.111. The summed E-state index contributed by atoms with van der Waals surface area (Å²) >= 11 is 3.42. The van der Waals surface area contributed by atoms with E-state index in [1.54, 1.807) is 24.1 Å². The number of amides is 1. The zero-order valence-electron chi connectivity index (χ0n) is 18.6. The fourth-order valence-corrected chi connectivity index (χ4v) is 3.61. The molecule has 0 aliphatic rings. The van der Waals surface area contributed by atoms with Gasteiger partial charge in [0, 0.05) is 22.3 Å². The van der Waals surface area contributed by atoms with Crippen LogP contribution in [0, 0.1) is 0 Å². The third-order valence-corrected chi connectivity index (χ3v) is 5.56. The van der Waals surface area contributed by atoms with E-state index in [9.17, 15) is 4.79 Å². The van der Waals surface area contributed by atoms with Crippen molar-refractivity contribution in [2.45, 2.75) is 13.2 Å². The van der Waals surface area contributed by atoms with Crippen LogP contribution in [-0.2, 0) is 17.9 Å². The van der Waals surface area contributed by atoms with E-state index < -0.39 is 0 Å². The van der Waals surface area contributed by atoms with Gasteiger partial charge in [0.1, 0.15) is 18.1 Å². The van der Waals surface area contributed by atoms with Crippen LogP contribution < -0.4 is 14.8 Å². The maximum atomic E-state index is 12.4. The minimum atomic E-state index is -0.234. The van der Waals surface area contributed by atoms with Crippen molar-refractivity contribution < 1.29 is 14.3 Å². The molecule has 0 saturated heterocycles. The molecule has 1 aromatic heterocycles. The molecule has 0 aliphatic carbocycles. The highest BCUT2D eigenvalue weighted by Crippen LogP contribution is 2.24. The zero-order valence-corrected chi connectivity index (χ0v) is 20.2. The molecule has 0 aliphatic heterocycles. The summed E-state index contributed by atoms with van der Waals surface area (Å²) in [5.74, 6) is 1.26.